The lowest BCUT2D eigenvalue weighted by Gasteiger charge is -2.18. The Balaban J connectivity index is 4.36. The van der Waals surface area contributed by atoms with E-state index in [1.807, 2.05) is 0 Å². The Hall–Kier alpha value is -2.63. The third-order valence-corrected chi connectivity index (χ3v) is 13.0. The fraction of sp³-hybridized carbons (Fsp3) is 0.823. The van der Waals surface area contributed by atoms with E-state index >= 15 is 0 Å². The van der Waals surface area contributed by atoms with Crippen LogP contribution in [0.2, 0.25) is 0 Å². The molecule has 0 spiro atoms. The summed E-state index contributed by atoms with van der Waals surface area (Å²) in [4.78, 5) is 38.2. The van der Waals surface area contributed by atoms with Crippen LogP contribution in [0, 0.1) is 0 Å². The number of ether oxygens (including phenoxy) is 3. The van der Waals surface area contributed by atoms with E-state index < -0.39 is 6.10 Å². The Kier molecular flexibility index (Phi) is 54.8. The zero-order chi connectivity index (χ0) is 49.3. The van der Waals surface area contributed by atoms with Crippen LogP contribution in [0.5, 0.6) is 0 Å². The Morgan fingerprint density at radius 1 is 0.294 bits per heavy atom. The molecule has 0 aromatic carbocycles. The first-order chi connectivity index (χ1) is 33.5. The van der Waals surface area contributed by atoms with Crippen LogP contribution < -0.4 is 0 Å². The lowest BCUT2D eigenvalue weighted by Crippen LogP contribution is -2.30. The zero-order valence-corrected chi connectivity index (χ0v) is 45.4. The summed E-state index contributed by atoms with van der Waals surface area (Å²) >= 11 is 0. The Morgan fingerprint density at radius 2 is 0.544 bits per heavy atom. The Labute approximate surface area is 422 Å². The van der Waals surface area contributed by atoms with Crippen LogP contribution in [0.25, 0.3) is 0 Å². The monoisotopic (exact) mass is 953 g/mol. The highest BCUT2D eigenvalue weighted by Gasteiger charge is 2.19. The predicted octanol–water partition coefficient (Wildman–Crippen LogP) is 19.8. The summed E-state index contributed by atoms with van der Waals surface area (Å²) in [6, 6.07) is 0. The van der Waals surface area contributed by atoms with Crippen molar-refractivity contribution in [3.63, 3.8) is 0 Å². The number of rotatable bonds is 54. The average Bonchev–Trinajstić information content (AvgIpc) is 3.34. The molecule has 0 amide bonds. The minimum Gasteiger partial charge on any atom is -0.462 e. The van der Waals surface area contributed by atoms with Crippen LogP contribution in [-0.4, -0.2) is 37.2 Å². The van der Waals surface area contributed by atoms with Crippen LogP contribution >= 0.6 is 0 Å². The number of hydrogen-bond acceptors (Lipinski definition) is 6. The molecule has 0 aromatic heterocycles. The largest absolute Gasteiger partial charge is 0.462 e. The van der Waals surface area contributed by atoms with Gasteiger partial charge in [-0.05, 0) is 96.3 Å². The molecule has 0 rings (SSSR count). The molecule has 0 fully saturated rings. The van der Waals surface area contributed by atoms with Crippen LogP contribution in [0.1, 0.15) is 310 Å². The highest BCUT2D eigenvalue weighted by molar-refractivity contribution is 5.71. The van der Waals surface area contributed by atoms with E-state index in [-0.39, 0.29) is 31.1 Å². The van der Waals surface area contributed by atoms with Crippen molar-refractivity contribution < 1.29 is 28.6 Å². The molecule has 68 heavy (non-hydrogen) atoms. The fourth-order valence-electron chi connectivity index (χ4n) is 8.51. The summed E-state index contributed by atoms with van der Waals surface area (Å²) < 4.78 is 16.9. The molecule has 0 aromatic rings. The average molecular weight is 954 g/mol. The van der Waals surface area contributed by atoms with Crippen LogP contribution in [-0.2, 0) is 28.6 Å². The molecular weight excluding hydrogens is 841 g/mol. The predicted molar refractivity (Wildman–Crippen MR) is 293 cm³/mol. The molecule has 0 N–H and O–H groups in total. The van der Waals surface area contributed by atoms with Crippen molar-refractivity contribution in [2.75, 3.05) is 13.2 Å². The highest BCUT2D eigenvalue weighted by Crippen LogP contribution is 2.16. The quantitative estimate of drug-likeness (QED) is 0.0262. The van der Waals surface area contributed by atoms with Gasteiger partial charge in [-0.1, -0.05) is 243 Å². The summed E-state index contributed by atoms with van der Waals surface area (Å²) in [6.45, 7) is 6.61. The maximum Gasteiger partial charge on any atom is 0.306 e. The van der Waals surface area contributed by atoms with Gasteiger partial charge in [-0.3, -0.25) is 14.4 Å². The van der Waals surface area contributed by atoms with E-state index in [1.54, 1.807) is 0 Å². The molecule has 0 aliphatic carbocycles. The molecule has 6 nitrogen and oxygen atoms in total. The lowest BCUT2D eigenvalue weighted by atomic mass is 10.1. The van der Waals surface area contributed by atoms with Gasteiger partial charge in [0.2, 0.25) is 0 Å². The second kappa shape index (κ2) is 57.0. The number of carbonyl (C=O) groups excluding carboxylic acids is 3. The third kappa shape index (κ3) is 54.3. The highest BCUT2D eigenvalue weighted by atomic mass is 16.6. The molecule has 0 heterocycles. The van der Waals surface area contributed by atoms with Gasteiger partial charge in [0.25, 0.3) is 0 Å². The smallest absolute Gasteiger partial charge is 0.306 e. The molecule has 0 unspecified atom stereocenters. The molecule has 396 valence electrons. The van der Waals surface area contributed by atoms with Gasteiger partial charge in [0.1, 0.15) is 13.2 Å². The standard InChI is InChI=1S/C62H112O6/c1-4-7-10-13-16-19-22-25-28-30-31-33-34-37-40-43-46-49-52-55-61(64)67-58-59(57-66-60(63)54-51-48-45-42-39-36-27-24-21-18-15-12-9-6-3)68-62(65)56-53-50-47-44-41-38-35-32-29-26-23-20-17-14-11-8-5-2/h15,18,24-29,59H,4-14,16-17,19-23,30-58H2,1-3H3/b18-15-,27-24-,28-25-,29-26-/t59-/m1/s1. The first-order valence-corrected chi connectivity index (χ1v) is 29.6. The van der Waals surface area contributed by atoms with Crippen molar-refractivity contribution in [3.05, 3.63) is 48.6 Å². The zero-order valence-electron chi connectivity index (χ0n) is 45.4. The van der Waals surface area contributed by atoms with Crippen molar-refractivity contribution in [1.82, 2.24) is 0 Å². The van der Waals surface area contributed by atoms with E-state index in [1.165, 1.54) is 193 Å². The minimum absolute atomic E-state index is 0.0788. The van der Waals surface area contributed by atoms with Crippen molar-refractivity contribution in [1.29, 1.82) is 0 Å². The second-order valence-electron chi connectivity index (χ2n) is 19.9. The molecule has 0 radical (unpaired) electrons. The normalized spacial score (nSPS) is 12.3. The molecule has 0 saturated heterocycles. The Bertz CT molecular complexity index is 1190. The van der Waals surface area contributed by atoms with Gasteiger partial charge >= 0.3 is 17.9 Å². The molecule has 0 aliphatic heterocycles. The number of hydrogen-bond donors (Lipinski definition) is 0. The maximum atomic E-state index is 12.9. The summed E-state index contributed by atoms with van der Waals surface area (Å²) in [7, 11) is 0. The summed E-state index contributed by atoms with van der Waals surface area (Å²) in [5.74, 6) is -0.885. The van der Waals surface area contributed by atoms with Crippen molar-refractivity contribution in [2.45, 2.75) is 316 Å². The van der Waals surface area contributed by atoms with E-state index in [9.17, 15) is 14.4 Å². The van der Waals surface area contributed by atoms with E-state index in [2.05, 4.69) is 69.4 Å². The van der Waals surface area contributed by atoms with Crippen molar-refractivity contribution in [3.8, 4) is 0 Å². The Morgan fingerprint density at radius 3 is 0.868 bits per heavy atom. The number of allylic oxidation sites excluding steroid dienone is 8. The second-order valence-corrected chi connectivity index (χ2v) is 19.9. The van der Waals surface area contributed by atoms with Gasteiger partial charge < -0.3 is 14.2 Å². The molecule has 0 bridgehead atoms. The van der Waals surface area contributed by atoms with Gasteiger partial charge in [0.05, 0.1) is 0 Å². The van der Waals surface area contributed by atoms with Crippen molar-refractivity contribution in [2.24, 2.45) is 0 Å². The molecule has 6 heteroatoms. The summed E-state index contributed by atoms with van der Waals surface area (Å²) in [5.41, 5.74) is 0. The van der Waals surface area contributed by atoms with Gasteiger partial charge in [-0.25, -0.2) is 0 Å². The third-order valence-electron chi connectivity index (χ3n) is 13.0. The first kappa shape index (κ1) is 65.4. The number of unbranched alkanes of at least 4 members (excludes halogenated alkanes) is 35. The molecule has 1 atom stereocenters. The first-order valence-electron chi connectivity index (χ1n) is 29.6. The van der Waals surface area contributed by atoms with Gasteiger partial charge in [-0.15, -0.1) is 0 Å². The van der Waals surface area contributed by atoms with Crippen molar-refractivity contribution >= 4 is 17.9 Å². The minimum atomic E-state index is -0.781. The van der Waals surface area contributed by atoms with Crippen LogP contribution in [0.15, 0.2) is 48.6 Å². The van der Waals surface area contributed by atoms with Gasteiger partial charge in [-0.2, -0.15) is 0 Å². The van der Waals surface area contributed by atoms with Crippen LogP contribution in [0.4, 0.5) is 0 Å². The van der Waals surface area contributed by atoms with E-state index in [0.717, 1.165) is 77.0 Å². The van der Waals surface area contributed by atoms with Gasteiger partial charge in [0.15, 0.2) is 6.10 Å². The van der Waals surface area contributed by atoms with Gasteiger partial charge in [0, 0.05) is 19.3 Å². The molecule has 0 saturated carbocycles. The summed E-state index contributed by atoms with van der Waals surface area (Å²) in [5, 5.41) is 0. The fourth-order valence-corrected chi connectivity index (χ4v) is 8.51. The van der Waals surface area contributed by atoms with E-state index in [4.69, 9.17) is 14.2 Å². The maximum absolute atomic E-state index is 12.9. The van der Waals surface area contributed by atoms with Crippen LogP contribution in [0.3, 0.4) is 0 Å². The lowest BCUT2D eigenvalue weighted by molar-refractivity contribution is -0.167. The molecular formula is C62H112O6. The molecule has 0 aliphatic rings. The topological polar surface area (TPSA) is 78.9 Å². The SMILES string of the molecule is CCCC/C=C\C/C=C\CCCCCCCC(=O)OC[C@H](COC(=O)CCCCCCCCCCC/C=C\CCCCCCCC)OC(=O)CCCCCCCCC/C=C\CCCCCCCC. The number of carbonyl (C=O) groups is 3. The van der Waals surface area contributed by atoms with E-state index in [0.29, 0.717) is 19.3 Å². The summed E-state index contributed by atoms with van der Waals surface area (Å²) in [6.07, 6.45) is 69.6. The number of esters is 3.